The van der Waals surface area contributed by atoms with Gasteiger partial charge in [-0.2, -0.15) is 0 Å². The van der Waals surface area contributed by atoms with Gasteiger partial charge in [0.05, 0.1) is 6.04 Å². The fourth-order valence-corrected chi connectivity index (χ4v) is 2.35. The molecule has 0 amide bonds. The summed E-state index contributed by atoms with van der Waals surface area (Å²) in [5, 5.41) is 2.75. The van der Waals surface area contributed by atoms with Gasteiger partial charge >= 0.3 is 0 Å². The van der Waals surface area contributed by atoms with Crippen LogP contribution in [0.2, 0.25) is 5.02 Å². The van der Waals surface area contributed by atoms with Crippen LogP contribution in [0, 0.1) is 0 Å². The molecule has 1 atom stereocenters. The van der Waals surface area contributed by atoms with Crippen LogP contribution in [0.3, 0.4) is 0 Å². The molecule has 1 aromatic carbocycles. The van der Waals surface area contributed by atoms with E-state index in [-0.39, 0.29) is 6.04 Å². The van der Waals surface area contributed by atoms with Gasteiger partial charge in [-0.3, -0.25) is 0 Å². The lowest BCUT2D eigenvalue weighted by Crippen LogP contribution is -2.10. The lowest BCUT2D eigenvalue weighted by atomic mass is 10.1. The molecule has 0 bridgehead atoms. The van der Waals surface area contributed by atoms with Gasteiger partial charge in [-0.05, 0) is 23.1 Å². The molecule has 0 spiro atoms. The lowest BCUT2D eigenvalue weighted by molar-refractivity contribution is 0.894. The Morgan fingerprint density at radius 3 is 2.57 bits per heavy atom. The van der Waals surface area contributed by atoms with E-state index in [4.69, 9.17) is 17.3 Å². The Hall–Kier alpha value is -0.830. The summed E-state index contributed by atoms with van der Waals surface area (Å²) in [7, 11) is 0. The van der Waals surface area contributed by atoms with Gasteiger partial charge in [-0.25, -0.2) is 0 Å². The van der Waals surface area contributed by atoms with Crippen molar-refractivity contribution in [2.75, 3.05) is 0 Å². The van der Waals surface area contributed by atoms with E-state index in [0.717, 1.165) is 15.5 Å². The lowest BCUT2D eigenvalue weighted by Gasteiger charge is -2.11. The molecule has 2 aromatic rings. The van der Waals surface area contributed by atoms with E-state index in [1.165, 1.54) is 0 Å². The molecule has 1 aromatic heterocycles. The summed E-state index contributed by atoms with van der Waals surface area (Å²) >= 11 is 7.71. The number of halogens is 1. The van der Waals surface area contributed by atoms with Crippen molar-refractivity contribution in [1.82, 2.24) is 0 Å². The van der Waals surface area contributed by atoms with Crippen LogP contribution in [0.1, 0.15) is 16.5 Å². The summed E-state index contributed by atoms with van der Waals surface area (Å²) in [5.41, 5.74) is 7.07. The van der Waals surface area contributed by atoms with Crippen LogP contribution in [0.5, 0.6) is 0 Å². The third-order valence-corrected chi connectivity index (χ3v) is 3.39. The van der Waals surface area contributed by atoms with Crippen LogP contribution < -0.4 is 5.73 Å². The summed E-state index contributed by atoms with van der Waals surface area (Å²) in [6.45, 7) is 0. The number of hydrogen-bond acceptors (Lipinski definition) is 2. The molecule has 0 saturated carbocycles. The van der Waals surface area contributed by atoms with Gasteiger partial charge in [0.2, 0.25) is 0 Å². The number of benzene rings is 1. The molecule has 1 heterocycles. The smallest absolute Gasteiger partial charge is 0.0660 e. The highest BCUT2D eigenvalue weighted by atomic mass is 35.5. The summed E-state index contributed by atoms with van der Waals surface area (Å²) in [5.74, 6) is 0. The van der Waals surface area contributed by atoms with Crippen molar-refractivity contribution >= 4 is 22.9 Å². The van der Waals surface area contributed by atoms with Crippen LogP contribution in [-0.4, -0.2) is 0 Å². The van der Waals surface area contributed by atoms with Gasteiger partial charge in [0.15, 0.2) is 0 Å². The fourth-order valence-electron chi connectivity index (χ4n) is 1.35. The Morgan fingerprint density at radius 1 is 1.14 bits per heavy atom. The van der Waals surface area contributed by atoms with Crippen molar-refractivity contribution in [3.05, 3.63) is 57.2 Å². The average molecular weight is 224 g/mol. The van der Waals surface area contributed by atoms with E-state index in [2.05, 4.69) is 0 Å². The first-order valence-corrected chi connectivity index (χ1v) is 5.58. The molecule has 2 rings (SSSR count). The highest BCUT2D eigenvalue weighted by Crippen LogP contribution is 2.28. The number of nitrogens with two attached hydrogens (primary N) is 1. The Bertz CT molecular complexity index is 411. The zero-order valence-corrected chi connectivity index (χ0v) is 9.05. The quantitative estimate of drug-likeness (QED) is 0.829. The largest absolute Gasteiger partial charge is 0.320 e. The summed E-state index contributed by atoms with van der Waals surface area (Å²) in [6, 6.07) is 11.6. The molecule has 72 valence electrons. The van der Waals surface area contributed by atoms with Crippen molar-refractivity contribution in [1.29, 1.82) is 0 Å². The molecule has 1 nitrogen and oxygen atoms in total. The second-order valence-electron chi connectivity index (χ2n) is 3.01. The molecule has 0 saturated heterocycles. The van der Waals surface area contributed by atoms with Crippen LogP contribution in [0.15, 0.2) is 41.8 Å². The summed E-state index contributed by atoms with van der Waals surface area (Å²) in [6.07, 6.45) is 0. The minimum atomic E-state index is -0.108. The molecule has 0 fully saturated rings. The Morgan fingerprint density at radius 2 is 1.93 bits per heavy atom. The normalized spacial score (nSPS) is 12.7. The highest BCUT2D eigenvalue weighted by molar-refractivity contribution is 7.10. The number of thiophene rings is 1. The molecule has 0 unspecified atom stereocenters. The van der Waals surface area contributed by atoms with Gasteiger partial charge < -0.3 is 5.73 Å². The maximum atomic E-state index is 6.09. The monoisotopic (exact) mass is 223 g/mol. The van der Waals surface area contributed by atoms with Gasteiger partial charge in [0.25, 0.3) is 0 Å². The first-order chi connectivity index (χ1) is 6.79. The van der Waals surface area contributed by atoms with Crippen LogP contribution in [-0.2, 0) is 0 Å². The molecule has 0 aliphatic rings. The predicted molar refractivity (Wildman–Crippen MR) is 61.8 cm³/mol. The number of rotatable bonds is 2. The van der Waals surface area contributed by atoms with Crippen molar-refractivity contribution < 1.29 is 0 Å². The predicted octanol–water partition coefficient (Wildman–Crippen LogP) is 3.45. The third-order valence-electron chi connectivity index (χ3n) is 2.09. The Kier molecular flexibility index (Phi) is 2.87. The third kappa shape index (κ3) is 1.82. The van der Waals surface area contributed by atoms with E-state index in [0.29, 0.717) is 0 Å². The molecule has 0 aliphatic heterocycles. The van der Waals surface area contributed by atoms with E-state index in [1.807, 2.05) is 41.8 Å². The molecule has 0 radical (unpaired) electrons. The van der Waals surface area contributed by atoms with Gasteiger partial charge in [0.1, 0.15) is 0 Å². The van der Waals surface area contributed by atoms with Crippen molar-refractivity contribution in [3.63, 3.8) is 0 Å². The number of hydrogen-bond donors (Lipinski definition) is 1. The zero-order valence-electron chi connectivity index (χ0n) is 7.48. The Labute approximate surface area is 92.1 Å². The molecule has 14 heavy (non-hydrogen) atoms. The van der Waals surface area contributed by atoms with Crippen molar-refractivity contribution in [3.8, 4) is 0 Å². The van der Waals surface area contributed by atoms with Gasteiger partial charge in [-0.15, -0.1) is 11.3 Å². The fraction of sp³-hybridized carbons (Fsp3) is 0.0909. The summed E-state index contributed by atoms with van der Waals surface area (Å²) < 4.78 is 0. The van der Waals surface area contributed by atoms with Gasteiger partial charge in [0, 0.05) is 9.90 Å². The second-order valence-corrected chi connectivity index (χ2v) is 4.40. The van der Waals surface area contributed by atoms with Crippen LogP contribution in [0.4, 0.5) is 0 Å². The first-order valence-electron chi connectivity index (χ1n) is 4.32. The second kappa shape index (κ2) is 4.13. The minimum Gasteiger partial charge on any atom is -0.320 e. The summed E-state index contributed by atoms with van der Waals surface area (Å²) in [4.78, 5) is 1.14. The van der Waals surface area contributed by atoms with Crippen LogP contribution in [0.25, 0.3) is 0 Å². The maximum Gasteiger partial charge on any atom is 0.0660 e. The first kappa shape index (κ1) is 9.71. The van der Waals surface area contributed by atoms with Crippen molar-refractivity contribution in [2.24, 2.45) is 5.73 Å². The SMILES string of the molecule is N[C@@H](c1cccs1)c1ccccc1Cl. The zero-order chi connectivity index (χ0) is 9.97. The minimum absolute atomic E-state index is 0.108. The molecule has 0 aliphatic carbocycles. The topological polar surface area (TPSA) is 26.0 Å². The van der Waals surface area contributed by atoms with Crippen LogP contribution >= 0.6 is 22.9 Å². The average Bonchev–Trinajstić information content (AvgIpc) is 2.70. The Balaban J connectivity index is 2.37. The molecular formula is C11H10ClNS. The highest BCUT2D eigenvalue weighted by Gasteiger charge is 2.12. The standard InChI is InChI=1S/C11H10ClNS/c12-9-5-2-1-4-8(9)11(13)10-6-3-7-14-10/h1-7,11H,13H2/t11-/m1/s1. The van der Waals surface area contributed by atoms with Crippen molar-refractivity contribution in [2.45, 2.75) is 6.04 Å². The van der Waals surface area contributed by atoms with E-state index in [9.17, 15) is 0 Å². The molecule has 3 heteroatoms. The molecule has 2 N–H and O–H groups in total. The van der Waals surface area contributed by atoms with E-state index in [1.54, 1.807) is 11.3 Å². The van der Waals surface area contributed by atoms with E-state index < -0.39 is 0 Å². The maximum absolute atomic E-state index is 6.09. The van der Waals surface area contributed by atoms with Gasteiger partial charge in [-0.1, -0.05) is 35.9 Å². The molecular weight excluding hydrogens is 214 g/mol. The van der Waals surface area contributed by atoms with E-state index >= 15 is 0 Å².